The number of hydrogen-bond donors (Lipinski definition) is 1. The number of benzene rings is 1. The van der Waals surface area contributed by atoms with Gasteiger partial charge in [-0.05, 0) is 31.2 Å². The summed E-state index contributed by atoms with van der Waals surface area (Å²) >= 11 is 1.23. The highest BCUT2D eigenvalue weighted by Crippen LogP contribution is 2.26. The van der Waals surface area contributed by atoms with Crippen molar-refractivity contribution in [3.05, 3.63) is 34.3 Å². The fraction of sp³-hybridized carbons (Fsp3) is 0.200. The van der Waals surface area contributed by atoms with Crippen LogP contribution in [-0.2, 0) is 4.79 Å². The molecule has 0 aliphatic heterocycles. The van der Waals surface area contributed by atoms with E-state index in [2.05, 4.69) is 15.5 Å². The number of anilines is 1. The van der Waals surface area contributed by atoms with E-state index in [9.17, 15) is 10.1 Å². The van der Waals surface area contributed by atoms with Crippen molar-refractivity contribution in [3.8, 4) is 17.6 Å². The van der Waals surface area contributed by atoms with Crippen molar-refractivity contribution in [2.45, 2.75) is 6.92 Å². The Hall–Kier alpha value is -2.92. The third-order valence-corrected chi connectivity index (χ3v) is 3.60. The Morgan fingerprint density at radius 3 is 2.70 bits per heavy atom. The van der Waals surface area contributed by atoms with Crippen LogP contribution < -0.4 is 14.8 Å². The van der Waals surface area contributed by atoms with Crippen molar-refractivity contribution >= 4 is 28.5 Å². The number of amides is 1. The summed E-state index contributed by atoms with van der Waals surface area (Å²) in [6.45, 7) is 1.77. The minimum atomic E-state index is -0.562. The first-order valence-corrected chi connectivity index (χ1v) is 7.34. The highest BCUT2D eigenvalue weighted by Gasteiger charge is 2.13. The molecule has 2 aromatic rings. The molecular weight excluding hydrogens is 316 g/mol. The zero-order valence-corrected chi connectivity index (χ0v) is 13.6. The third-order valence-electron chi connectivity index (χ3n) is 2.85. The van der Waals surface area contributed by atoms with Crippen molar-refractivity contribution in [1.29, 1.82) is 5.26 Å². The molecule has 7 nitrogen and oxygen atoms in total. The molecule has 0 spiro atoms. The topological polar surface area (TPSA) is 97.1 Å². The number of aryl methyl sites for hydroxylation is 1. The van der Waals surface area contributed by atoms with E-state index in [1.165, 1.54) is 31.6 Å². The molecule has 1 heterocycles. The summed E-state index contributed by atoms with van der Waals surface area (Å²) in [5, 5.41) is 20.4. The van der Waals surface area contributed by atoms with Crippen molar-refractivity contribution in [2.75, 3.05) is 19.5 Å². The second kappa shape index (κ2) is 7.38. The molecule has 23 heavy (non-hydrogen) atoms. The molecule has 0 radical (unpaired) electrons. The molecule has 0 saturated heterocycles. The van der Waals surface area contributed by atoms with Gasteiger partial charge in [-0.1, -0.05) is 11.3 Å². The van der Waals surface area contributed by atoms with Crippen LogP contribution in [0.3, 0.4) is 0 Å². The zero-order chi connectivity index (χ0) is 16.8. The van der Waals surface area contributed by atoms with Crippen LogP contribution in [0.5, 0.6) is 11.5 Å². The lowest BCUT2D eigenvalue weighted by atomic mass is 10.1. The van der Waals surface area contributed by atoms with E-state index in [1.54, 1.807) is 25.1 Å². The van der Waals surface area contributed by atoms with Gasteiger partial charge in [0.15, 0.2) is 0 Å². The first-order chi connectivity index (χ1) is 11.1. The Morgan fingerprint density at radius 2 is 2.13 bits per heavy atom. The van der Waals surface area contributed by atoms with E-state index in [0.717, 1.165) is 5.01 Å². The average Bonchev–Trinajstić information content (AvgIpc) is 2.97. The first-order valence-electron chi connectivity index (χ1n) is 6.52. The van der Waals surface area contributed by atoms with E-state index < -0.39 is 5.91 Å². The highest BCUT2D eigenvalue weighted by molar-refractivity contribution is 7.15. The smallest absolute Gasteiger partial charge is 0.268 e. The maximum atomic E-state index is 12.2. The number of nitrogens with one attached hydrogen (secondary N) is 1. The average molecular weight is 330 g/mol. The van der Waals surface area contributed by atoms with Gasteiger partial charge in [-0.15, -0.1) is 10.2 Å². The molecule has 1 aromatic carbocycles. The number of ether oxygens (including phenoxy) is 2. The van der Waals surface area contributed by atoms with E-state index in [1.807, 2.05) is 6.07 Å². The van der Waals surface area contributed by atoms with E-state index in [0.29, 0.717) is 22.2 Å². The minimum Gasteiger partial charge on any atom is -0.497 e. The van der Waals surface area contributed by atoms with Gasteiger partial charge in [0.1, 0.15) is 28.1 Å². The normalized spacial score (nSPS) is 10.8. The molecule has 1 N–H and O–H groups in total. The second-order valence-electron chi connectivity index (χ2n) is 4.36. The third kappa shape index (κ3) is 4.05. The molecular formula is C15H14N4O3S. The monoisotopic (exact) mass is 330 g/mol. The van der Waals surface area contributed by atoms with Gasteiger partial charge in [0, 0.05) is 5.56 Å². The molecule has 2 rings (SSSR count). The number of carbonyl (C=O) groups excluding carboxylic acids is 1. The molecule has 0 atom stereocenters. The van der Waals surface area contributed by atoms with Crippen LogP contribution in [-0.4, -0.2) is 30.3 Å². The Kier molecular flexibility index (Phi) is 5.28. The van der Waals surface area contributed by atoms with Gasteiger partial charge in [-0.2, -0.15) is 5.26 Å². The Morgan fingerprint density at radius 1 is 1.35 bits per heavy atom. The Labute approximate surface area is 137 Å². The van der Waals surface area contributed by atoms with Crippen molar-refractivity contribution < 1.29 is 14.3 Å². The SMILES string of the molecule is COc1ccc(OC)c(/C=C(\C#N)C(=O)Nc2nnc(C)s2)c1. The summed E-state index contributed by atoms with van der Waals surface area (Å²) in [5.74, 6) is 0.557. The molecule has 1 amide bonds. The summed E-state index contributed by atoms with van der Waals surface area (Å²) in [6, 6.07) is 6.98. The fourth-order valence-electron chi connectivity index (χ4n) is 1.77. The molecule has 0 aliphatic rings. The molecule has 0 bridgehead atoms. The van der Waals surface area contributed by atoms with Gasteiger partial charge in [-0.3, -0.25) is 10.1 Å². The maximum absolute atomic E-state index is 12.2. The summed E-state index contributed by atoms with van der Waals surface area (Å²) < 4.78 is 10.4. The molecule has 0 saturated carbocycles. The number of hydrogen-bond acceptors (Lipinski definition) is 7. The molecule has 0 fully saturated rings. The van der Waals surface area contributed by atoms with E-state index in [-0.39, 0.29) is 5.57 Å². The quantitative estimate of drug-likeness (QED) is 0.668. The van der Waals surface area contributed by atoms with Crippen molar-refractivity contribution in [1.82, 2.24) is 10.2 Å². The lowest BCUT2D eigenvalue weighted by Gasteiger charge is -2.08. The number of nitriles is 1. The molecule has 118 valence electrons. The summed E-state index contributed by atoms with van der Waals surface area (Å²) in [5.41, 5.74) is 0.483. The van der Waals surface area contributed by atoms with E-state index >= 15 is 0 Å². The lowest BCUT2D eigenvalue weighted by Crippen LogP contribution is -2.13. The minimum absolute atomic E-state index is 0.0793. The number of rotatable bonds is 5. The van der Waals surface area contributed by atoms with Crippen LogP contribution in [0.1, 0.15) is 10.6 Å². The first kappa shape index (κ1) is 16.5. The summed E-state index contributed by atoms with van der Waals surface area (Å²) in [6.07, 6.45) is 1.44. The highest BCUT2D eigenvalue weighted by atomic mass is 32.1. The number of aromatic nitrogens is 2. The van der Waals surface area contributed by atoms with Crippen LogP contribution in [0.2, 0.25) is 0 Å². The van der Waals surface area contributed by atoms with Gasteiger partial charge in [0.25, 0.3) is 5.91 Å². The second-order valence-corrected chi connectivity index (χ2v) is 5.54. The van der Waals surface area contributed by atoms with Crippen LogP contribution in [0.15, 0.2) is 23.8 Å². The van der Waals surface area contributed by atoms with Crippen LogP contribution in [0.4, 0.5) is 5.13 Å². The number of nitrogens with zero attached hydrogens (tertiary/aromatic N) is 3. The van der Waals surface area contributed by atoms with Gasteiger partial charge < -0.3 is 9.47 Å². The van der Waals surface area contributed by atoms with Crippen LogP contribution >= 0.6 is 11.3 Å². The number of methoxy groups -OCH3 is 2. The van der Waals surface area contributed by atoms with Gasteiger partial charge in [-0.25, -0.2) is 0 Å². The van der Waals surface area contributed by atoms with Crippen LogP contribution in [0.25, 0.3) is 6.08 Å². The predicted molar refractivity (Wildman–Crippen MR) is 86.4 cm³/mol. The molecule has 0 unspecified atom stereocenters. The number of carbonyl (C=O) groups is 1. The lowest BCUT2D eigenvalue weighted by molar-refractivity contribution is -0.112. The maximum Gasteiger partial charge on any atom is 0.268 e. The molecule has 0 aliphatic carbocycles. The van der Waals surface area contributed by atoms with Crippen molar-refractivity contribution in [2.24, 2.45) is 0 Å². The predicted octanol–water partition coefficient (Wildman–Crippen LogP) is 2.41. The van der Waals surface area contributed by atoms with Gasteiger partial charge >= 0.3 is 0 Å². The van der Waals surface area contributed by atoms with Crippen LogP contribution in [0, 0.1) is 18.3 Å². The van der Waals surface area contributed by atoms with E-state index in [4.69, 9.17) is 9.47 Å². The summed E-state index contributed by atoms with van der Waals surface area (Å²) in [4.78, 5) is 12.2. The fourth-order valence-corrected chi connectivity index (χ4v) is 2.35. The Bertz CT molecular complexity index is 792. The largest absolute Gasteiger partial charge is 0.497 e. The van der Waals surface area contributed by atoms with Crippen molar-refractivity contribution in [3.63, 3.8) is 0 Å². The summed E-state index contributed by atoms with van der Waals surface area (Å²) in [7, 11) is 3.04. The van der Waals surface area contributed by atoms with Gasteiger partial charge in [0.05, 0.1) is 14.2 Å². The van der Waals surface area contributed by atoms with Gasteiger partial charge in [0.2, 0.25) is 5.13 Å². The molecule has 1 aromatic heterocycles. The Balaban J connectivity index is 2.31. The zero-order valence-electron chi connectivity index (χ0n) is 12.8. The molecule has 8 heteroatoms. The standard InChI is InChI=1S/C15H14N4O3S/c1-9-18-19-15(23-9)17-14(20)11(8-16)6-10-7-12(21-2)4-5-13(10)22-3/h4-7H,1-3H3,(H,17,19,20)/b11-6+.